The minimum atomic E-state index is -0.890. The monoisotopic (exact) mass is 405 g/mol. The summed E-state index contributed by atoms with van der Waals surface area (Å²) < 4.78 is 16.3. The molecule has 1 aromatic rings. The van der Waals surface area contributed by atoms with Crippen molar-refractivity contribution < 1.29 is 28.9 Å². The third kappa shape index (κ3) is 4.20. The summed E-state index contributed by atoms with van der Waals surface area (Å²) in [6, 6.07) is 5.76. The van der Waals surface area contributed by atoms with Crippen molar-refractivity contribution in [2.45, 2.75) is 57.7 Å². The largest absolute Gasteiger partial charge is 0.493 e. The smallest absolute Gasteiger partial charge is 0.396 e. The van der Waals surface area contributed by atoms with E-state index in [1.165, 1.54) is 24.9 Å². The Morgan fingerprint density at radius 1 is 1.21 bits per heavy atom. The van der Waals surface area contributed by atoms with Crippen molar-refractivity contribution in [1.29, 1.82) is 0 Å². The number of aliphatic hydroxyl groups excluding tert-OH is 1. The zero-order chi connectivity index (χ0) is 21.2. The Hall–Kier alpha value is -2.28. The quantitative estimate of drug-likeness (QED) is 0.598. The Labute approximate surface area is 171 Å². The number of rotatable bonds is 5. The molecule has 7 nitrogen and oxygen atoms in total. The Kier molecular flexibility index (Phi) is 6.36. The number of aliphatic hydroxyl groups is 1. The van der Waals surface area contributed by atoms with Gasteiger partial charge in [-0.2, -0.15) is 0 Å². The van der Waals surface area contributed by atoms with Crippen molar-refractivity contribution in [3.63, 3.8) is 0 Å². The zero-order valence-corrected chi connectivity index (χ0v) is 17.6. The number of esters is 1. The molecule has 1 saturated carbocycles. The number of nitrogens with zero attached hydrogens (tertiary/aromatic N) is 1. The molecule has 160 valence electrons. The molecule has 2 aliphatic rings. The summed E-state index contributed by atoms with van der Waals surface area (Å²) >= 11 is 0. The van der Waals surface area contributed by atoms with E-state index < -0.39 is 23.4 Å². The topological polar surface area (TPSA) is 85.3 Å². The van der Waals surface area contributed by atoms with Crippen LogP contribution < -0.4 is 9.47 Å². The van der Waals surface area contributed by atoms with Gasteiger partial charge in [0.25, 0.3) is 0 Å². The minimum Gasteiger partial charge on any atom is -0.493 e. The van der Waals surface area contributed by atoms with E-state index in [4.69, 9.17) is 9.47 Å². The van der Waals surface area contributed by atoms with Crippen LogP contribution in [0.25, 0.3) is 0 Å². The van der Waals surface area contributed by atoms with Gasteiger partial charge in [-0.25, -0.2) is 4.79 Å². The number of hydrogen-bond donors (Lipinski definition) is 1. The van der Waals surface area contributed by atoms with E-state index in [-0.39, 0.29) is 18.6 Å². The van der Waals surface area contributed by atoms with Crippen molar-refractivity contribution in [3.8, 4) is 11.5 Å². The molecule has 1 heterocycles. The highest BCUT2D eigenvalue weighted by molar-refractivity contribution is 6.32. The van der Waals surface area contributed by atoms with Crippen molar-refractivity contribution in [1.82, 2.24) is 4.90 Å². The van der Waals surface area contributed by atoms with E-state index in [1.54, 1.807) is 14.0 Å². The fourth-order valence-electron chi connectivity index (χ4n) is 4.48. The number of ether oxygens (including phenoxy) is 3. The van der Waals surface area contributed by atoms with Crippen molar-refractivity contribution in [2.24, 2.45) is 5.41 Å². The van der Waals surface area contributed by atoms with Crippen LogP contribution in [0.1, 0.15) is 51.0 Å². The van der Waals surface area contributed by atoms with Gasteiger partial charge in [0.2, 0.25) is 0 Å². The van der Waals surface area contributed by atoms with E-state index >= 15 is 0 Å². The highest BCUT2D eigenvalue weighted by Gasteiger charge is 2.49. The van der Waals surface area contributed by atoms with E-state index in [2.05, 4.69) is 4.74 Å². The Morgan fingerprint density at radius 3 is 2.48 bits per heavy atom. The Morgan fingerprint density at radius 2 is 1.90 bits per heavy atom. The molecule has 1 N–H and O–H groups in total. The lowest BCUT2D eigenvalue weighted by molar-refractivity contribution is -0.157. The molecule has 1 amide bonds. The summed E-state index contributed by atoms with van der Waals surface area (Å²) in [6.45, 7) is 4.26. The molecule has 0 aromatic heterocycles. The number of benzene rings is 1. The lowest BCUT2D eigenvalue weighted by Gasteiger charge is -2.34. The van der Waals surface area contributed by atoms with Gasteiger partial charge in [-0.15, -0.1) is 0 Å². The third-order valence-electron chi connectivity index (χ3n) is 6.52. The van der Waals surface area contributed by atoms with Gasteiger partial charge in [-0.3, -0.25) is 4.79 Å². The van der Waals surface area contributed by atoms with E-state index in [9.17, 15) is 14.7 Å². The van der Waals surface area contributed by atoms with Crippen molar-refractivity contribution in [3.05, 3.63) is 23.8 Å². The average molecular weight is 405 g/mol. The summed E-state index contributed by atoms with van der Waals surface area (Å²) in [5.74, 6) is -0.383. The second-order valence-corrected chi connectivity index (χ2v) is 8.35. The van der Waals surface area contributed by atoms with Gasteiger partial charge in [-0.05, 0) is 50.3 Å². The molecule has 0 radical (unpaired) electrons. The highest BCUT2D eigenvalue weighted by atomic mass is 16.5. The average Bonchev–Trinajstić information content (AvgIpc) is 3.35. The fourth-order valence-corrected chi connectivity index (χ4v) is 4.48. The fraction of sp³-hybridized carbons (Fsp3) is 0.636. The van der Waals surface area contributed by atoms with Gasteiger partial charge < -0.3 is 24.2 Å². The molecule has 29 heavy (non-hydrogen) atoms. The summed E-state index contributed by atoms with van der Waals surface area (Å²) in [7, 11) is 2.81. The summed E-state index contributed by atoms with van der Waals surface area (Å²) in [5, 5.41) is 10.5. The molecule has 0 bridgehead atoms. The van der Waals surface area contributed by atoms with Crippen LogP contribution in [-0.2, 0) is 14.3 Å². The maximum Gasteiger partial charge on any atom is 0.396 e. The first-order valence-electron chi connectivity index (χ1n) is 10.2. The summed E-state index contributed by atoms with van der Waals surface area (Å²) in [4.78, 5) is 25.6. The number of methoxy groups -OCH3 is 2. The molecule has 7 heteroatoms. The van der Waals surface area contributed by atoms with Crippen molar-refractivity contribution in [2.75, 3.05) is 27.3 Å². The molecular weight excluding hydrogens is 374 g/mol. The van der Waals surface area contributed by atoms with Crippen LogP contribution in [0.5, 0.6) is 11.5 Å². The van der Waals surface area contributed by atoms with Gasteiger partial charge >= 0.3 is 11.9 Å². The van der Waals surface area contributed by atoms with Crippen LogP contribution in [-0.4, -0.2) is 61.4 Å². The maximum atomic E-state index is 12.4. The molecule has 1 aliphatic heterocycles. The van der Waals surface area contributed by atoms with Gasteiger partial charge in [0, 0.05) is 24.4 Å². The third-order valence-corrected chi connectivity index (χ3v) is 6.52. The first-order valence-corrected chi connectivity index (χ1v) is 10.2. The maximum absolute atomic E-state index is 12.4. The lowest BCUT2D eigenvalue weighted by Crippen LogP contribution is -2.40. The second kappa shape index (κ2) is 8.61. The van der Waals surface area contributed by atoms with E-state index in [0.717, 1.165) is 18.4 Å². The molecule has 0 spiro atoms. The van der Waals surface area contributed by atoms with Crippen LogP contribution in [0.4, 0.5) is 0 Å². The predicted molar refractivity (Wildman–Crippen MR) is 107 cm³/mol. The van der Waals surface area contributed by atoms with Crippen LogP contribution in [0.15, 0.2) is 18.2 Å². The summed E-state index contributed by atoms with van der Waals surface area (Å²) in [6.07, 6.45) is 3.90. The number of likely N-dealkylation sites (tertiary alicyclic amines) is 1. The van der Waals surface area contributed by atoms with Crippen LogP contribution in [0.2, 0.25) is 0 Å². The lowest BCUT2D eigenvalue weighted by atomic mass is 9.72. The normalized spacial score (nSPS) is 25.7. The van der Waals surface area contributed by atoms with Gasteiger partial charge in [0.1, 0.15) is 0 Å². The van der Waals surface area contributed by atoms with Crippen LogP contribution >= 0.6 is 0 Å². The molecule has 2 fully saturated rings. The standard InChI is InChI=1S/C22H31NO6/c1-14(24)22(2)13-23(20(25)21(26)28-4)12-17(22)15-9-10-18(27-3)19(11-15)29-16-7-5-6-8-16/h9-11,14,16-17,24H,5-8,12-13H2,1-4H3/t14-,17+,22+/m1/s1. The van der Waals surface area contributed by atoms with Crippen LogP contribution in [0.3, 0.4) is 0 Å². The minimum absolute atomic E-state index is 0.159. The Bertz CT molecular complexity index is 758. The van der Waals surface area contributed by atoms with E-state index in [0.29, 0.717) is 18.0 Å². The number of amides is 1. The molecule has 1 aromatic carbocycles. The number of carbonyl (C=O) groups excluding carboxylic acids is 2. The van der Waals surface area contributed by atoms with Gasteiger partial charge in [-0.1, -0.05) is 13.0 Å². The molecule has 3 atom stereocenters. The number of hydrogen-bond acceptors (Lipinski definition) is 6. The van der Waals surface area contributed by atoms with Gasteiger partial charge in [0.05, 0.1) is 26.4 Å². The van der Waals surface area contributed by atoms with Gasteiger partial charge in [0.15, 0.2) is 11.5 Å². The predicted octanol–water partition coefficient (Wildman–Crippen LogP) is 2.50. The number of carbonyl (C=O) groups is 2. The Balaban J connectivity index is 1.91. The second-order valence-electron chi connectivity index (χ2n) is 8.35. The van der Waals surface area contributed by atoms with Crippen molar-refractivity contribution >= 4 is 11.9 Å². The molecular formula is C22H31NO6. The first kappa shape index (κ1) is 21.4. The molecule has 1 aliphatic carbocycles. The molecule has 1 saturated heterocycles. The first-order chi connectivity index (χ1) is 13.8. The SMILES string of the molecule is COC(=O)C(=O)N1C[C@@H](c2ccc(OC)c(OC3CCCC3)c2)[C@](C)([C@@H](C)O)C1. The zero-order valence-electron chi connectivity index (χ0n) is 17.6. The summed E-state index contributed by atoms with van der Waals surface area (Å²) in [5.41, 5.74) is 0.338. The molecule has 0 unspecified atom stereocenters. The highest BCUT2D eigenvalue weighted by Crippen LogP contribution is 2.47. The van der Waals surface area contributed by atoms with Crippen LogP contribution in [0, 0.1) is 5.41 Å². The molecule has 3 rings (SSSR count). The van der Waals surface area contributed by atoms with E-state index in [1.807, 2.05) is 25.1 Å².